The molecule has 0 aliphatic carbocycles. The van der Waals surface area contributed by atoms with Gasteiger partial charge in [0.15, 0.2) is 0 Å². The van der Waals surface area contributed by atoms with Crippen LogP contribution in [-0.4, -0.2) is 19.0 Å². The molecule has 0 aliphatic heterocycles. The molecular weight excluding hydrogens is 279 g/mol. The zero-order chi connectivity index (χ0) is 10.4. The molecule has 0 atom stereocenters. The molecule has 0 unspecified atom stereocenters. The summed E-state index contributed by atoms with van der Waals surface area (Å²) in [7, 11) is 0. The van der Waals surface area contributed by atoms with Crippen LogP contribution in [0.25, 0.3) is 0 Å². The molecule has 84 valence electrons. The highest BCUT2D eigenvalue weighted by Gasteiger charge is 2.02. The van der Waals surface area contributed by atoms with E-state index in [1.165, 1.54) is 0 Å². The van der Waals surface area contributed by atoms with Crippen molar-refractivity contribution >= 4 is 34.2 Å². The molecule has 5 heteroatoms. The highest BCUT2D eigenvalue weighted by Crippen LogP contribution is 2.10. The fourth-order valence-electron chi connectivity index (χ4n) is 1.01. The fourth-order valence-corrected chi connectivity index (χ4v) is 1.27. The summed E-state index contributed by atoms with van der Waals surface area (Å²) in [4.78, 5) is 11.5. The Balaban J connectivity index is 0.00000196. The molecule has 1 amide bonds. The molecule has 1 aromatic carbocycles. The zero-order valence-electron chi connectivity index (χ0n) is 8.20. The molecule has 15 heavy (non-hydrogen) atoms. The quantitative estimate of drug-likeness (QED) is 0.834. The number of hydrogen-bond acceptors (Lipinski definition) is 2. The first-order valence-electron chi connectivity index (χ1n) is 4.48. The molecule has 0 bridgehead atoms. The number of nitrogens with one attached hydrogen (secondary N) is 1. The van der Waals surface area contributed by atoms with Crippen molar-refractivity contribution in [3.63, 3.8) is 0 Å². The number of carbonyl (C=O) groups is 1. The Bertz CT molecular complexity index is 303. The molecule has 0 saturated heterocycles. The number of rotatable bonds is 4. The van der Waals surface area contributed by atoms with Crippen molar-refractivity contribution in [1.82, 2.24) is 5.32 Å². The number of benzene rings is 1. The number of halogens is 2. The third kappa shape index (κ3) is 5.16. The first-order valence-corrected chi connectivity index (χ1v) is 5.27. The lowest BCUT2D eigenvalue weighted by atomic mass is 10.2. The summed E-state index contributed by atoms with van der Waals surface area (Å²) in [6.07, 6.45) is 0.808. The molecule has 1 aromatic rings. The van der Waals surface area contributed by atoms with Crippen molar-refractivity contribution in [2.45, 2.75) is 6.42 Å². The van der Waals surface area contributed by atoms with Gasteiger partial charge in [0.1, 0.15) is 0 Å². The Labute approximate surface area is 104 Å². The first-order chi connectivity index (χ1) is 6.74. The summed E-state index contributed by atoms with van der Waals surface area (Å²) in [5.74, 6) is -0.0500. The Hall–Kier alpha value is -0.580. The maximum absolute atomic E-state index is 11.5. The lowest BCUT2D eigenvalue weighted by Gasteiger charge is -2.03. The van der Waals surface area contributed by atoms with Gasteiger partial charge in [0, 0.05) is 16.6 Å². The van der Waals surface area contributed by atoms with Gasteiger partial charge in [-0.2, -0.15) is 0 Å². The van der Waals surface area contributed by atoms with Crippen LogP contribution in [0.15, 0.2) is 28.7 Å². The molecule has 0 aliphatic rings. The van der Waals surface area contributed by atoms with Gasteiger partial charge in [-0.05, 0) is 37.2 Å². The summed E-state index contributed by atoms with van der Waals surface area (Å²) < 4.78 is 0.969. The molecule has 0 heterocycles. The van der Waals surface area contributed by atoms with Gasteiger partial charge in [-0.15, -0.1) is 12.4 Å². The van der Waals surface area contributed by atoms with E-state index in [-0.39, 0.29) is 18.3 Å². The van der Waals surface area contributed by atoms with Gasteiger partial charge in [0.05, 0.1) is 0 Å². The van der Waals surface area contributed by atoms with Gasteiger partial charge in [0.2, 0.25) is 0 Å². The van der Waals surface area contributed by atoms with Crippen LogP contribution in [0.2, 0.25) is 0 Å². The van der Waals surface area contributed by atoms with Gasteiger partial charge in [0.25, 0.3) is 5.91 Å². The van der Waals surface area contributed by atoms with E-state index in [0.717, 1.165) is 10.9 Å². The summed E-state index contributed by atoms with van der Waals surface area (Å²) in [5, 5.41) is 2.79. The number of hydrogen-bond donors (Lipinski definition) is 2. The highest BCUT2D eigenvalue weighted by atomic mass is 79.9. The van der Waals surface area contributed by atoms with Gasteiger partial charge in [-0.3, -0.25) is 4.79 Å². The van der Waals surface area contributed by atoms with Crippen LogP contribution >= 0.6 is 28.3 Å². The van der Waals surface area contributed by atoms with Gasteiger partial charge >= 0.3 is 0 Å². The van der Waals surface area contributed by atoms with Crippen LogP contribution < -0.4 is 11.1 Å². The molecular formula is C10H14BrClN2O. The van der Waals surface area contributed by atoms with E-state index in [1.807, 2.05) is 12.1 Å². The lowest BCUT2D eigenvalue weighted by molar-refractivity contribution is 0.0953. The minimum Gasteiger partial charge on any atom is -0.352 e. The second kappa shape index (κ2) is 7.68. The average Bonchev–Trinajstić information content (AvgIpc) is 2.19. The van der Waals surface area contributed by atoms with Gasteiger partial charge in [-0.25, -0.2) is 0 Å². The SMILES string of the molecule is Cl.NCCCNC(=O)c1ccc(Br)cc1. The number of nitrogens with two attached hydrogens (primary N) is 1. The Kier molecular flexibility index (Phi) is 7.38. The Morgan fingerprint density at radius 1 is 1.33 bits per heavy atom. The van der Waals surface area contributed by atoms with E-state index < -0.39 is 0 Å². The van der Waals surface area contributed by atoms with Gasteiger partial charge in [-0.1, -0.05) is 15.9 Å². The third-order valence-electron chi connectivity index (χ3n) is 1.77. The largest absolute Gasteiger partial charge is 0.352 e. The molecule has 0 aromatic heterocycles. The second-order valence-electron chi connectivity index (χ2n) is 2.91. The average molecular weight is 294 g/mol. The van der Waals surface area contributed by atoms with Crippen LogP contribution in [-0.2, 0) is 0 Å². The standard InChI is InChI=1S/C10H13BrN2O.ClH/c11-9-4-2-8(3-5-9)10(14)13-7-1-6-12;/h2-5H,1,6-7,12H2,(H,13,14);1H. The fraction of sp³-hybridized carbons (Fsp3) is 0.300. The van der Waals surface area contributed by atoms with E-state index in [1.54, 1.807) is 12.1 Å². The summed E-state index contributed by atoms with van der Waals surface area (Å²) >= 11 is 3.31. The monoisotopic (exact) mass is 292 g/mol. The summed E-state index contributed by atoms with van der Waals surface area (Å²) in [6, 6.07) is 7.25. The third-order valence-corrected chi connectivity index (χ3v) is 2.30. The van der Waals surface area contributed by atoms with E-state index >= 15 is 0 Å². The Morgan fingerprint density at radius 2 is 1.93 bits per heavy atom. The molecule has 0 radical (unpaired) electrons. The highest BCUT2D eigenvalue weighted by molar-refractivity contribution is 9.10. The van der Waals surface area contributed by atoms with Gasteiger partial charge < -0.3 is 11.1 Å². The smallest absolute Gasteiger partial charge is 0.251 e. The van der Waals surface area contributed by atoms with Crippen molar-refractivity contribution in [1.29, 1.82) is 0 Å². The predicted molar refractivity (Wildman–Crippen MR) is 67.4 cm³/mol. The molecule has 3 nitrogen and oxygen atoms in total. The van der Waals surface area contributed by atoms with E-state index in [2.05, 4.69) is 21.2 Å². The Morgan fingerprint density at radius 3 is 2.47 bits per heavy atom. The minimum absolute atomic E-state index is 0. The minimum atomic E-state index is -0.0500. The lowest BCUT2D eigenvalue weighted by Crippen LogP contribution is -2.25. The summed E-state index contributed by atoms with van der Waals surface area (Å²) in [5.41, 5.74) is 5.99. The topological polar surface area (TPSA) is 55.1 Å². The molecule has 0 saturated carbocycles. The van der Waals surface area contributed by atoms with E-state index in [4.69, 9.17) is 5.73 Å². The van der Waals surface area contributed by atoms with Crippen LogP contribution in [0.1, 0.15) is 16.8 Å². The van der Waals surface area contributed by atoms with Crippen LogP contribution in [0.4, 0.5) is 0 Å². The zero-order valence-corrected chi connectivity index (χ0v) is 10.6. The van der Waals surface area contributed by atoms with Crippen molar-refractivity contribution in [3.05, 3.63) is 34.3 Å². The first kappa shape index (κ1) is 14.4. The molecule has 0 fully saturated rings. The van der Waals surface area contributed by atoms with Crippen LogP contribution in [0.3, 0.4) is 0 Å². The maximum Gasteiger partial charge on any atom is 0.251 e. The summed E-state index contributed by atoms with van der Waals surface area (Å²) in [6.45, 7) is 1.23. The molecule has 3 N–H and O–H groups in total. The number of amides is 1. The predicted octanol–water partition coefficient (Wildman–Crippen LogP) is 1.95. The molecule has 1 rings (SSSR count). The second-order valence-corrected chi connectivity index (χ2v) is 3.82. The van der Waals surface area contributed by atoms with Crippen molar-refractivity contribution in [2.75, 3.05) is 13.1 Å². The van der Waals surface area contributed by atoms with Crippen LogP contribution in [0, 0.1) is 0 Å². The normalized spacial score (nSPS) is 9.20. The van der Waals surface area contributed by atoms with E-state index in [9.17, 15) is 4.79 Å². The van der Waals surface area contributed by atoms with Crippen molar-refractivity contribution < 1.29 is 4.79 Å². The van der Waals surface area contributed by atoms with Crippen LogP contribution in [0.5, 0.6) is 0 Å². The maximum atomic E-state index is 11.5. The van der Waals surface area contributed by atoms with Crippen molar-refractivity contribution in [3.8, 4) is 0 Å². The van der Waals surface area contributed by atoms with E-state index in [0.29, 0.717) is 18.7 Å². The van der Waals surface area contributed by atoms with Crippen molar-refractivity contribution in [2.24, 2.45) is 5.73 Å². The molecule has 0 spiro atoms. The number of carbonyl (C=O) groups excluding carboxylic acids is 1.